The fourth-order valence-corrected chi connectivity index (χ4v) is 5.03. The summed E-state index contributed by atoms with van der Waals surface area (Å²) in [5.74, 6) is -2.65. The number of hydrazone groups is 2. The van der Waals surface area contributed by atoms with E-state index < -0.39 is 86.1 Å². The van der Waals surface area contributed by atoms with Gasteiger partial charge in [0.15, 0.2) is 18.8 Å². The summed E-state index contributed by atoms with van der Waals surface area (Å²) in [7, 11) is 0. The van der Waals surface area contributed by atoms with Crippen LogP contribution in [0.2, 0.25) is 5.02 Å². The third kappa shape index (κ3) is 8.12. The van der Waals surface area contributed by atoms with E-state index in [0.29, 0.717) is 6.34 Å². The molecule has 1 saturated carbocycles. The minimum Gasteiger partial charge on any atom is -0.447 e. The summed E-state index contributed by atoms with van der Waals surface area (Å²) in [6, 6.07) is 3.33. The van der Waals surface area contributed by atoms with Crippen LogP contribution in [0.1, 0.15) is 41.6 Å². The van der Waals surface area contributed by atoms with Crippen molar-refractivity contribution in [1.82, 2.24) is 15.6 Å². The normalized spacial score (nSPS) is 18.1. The second-order valence-electron chi connectivity index (χ2n) is 10.5. The smallest absolute Gasteiger partial charge is 0.411 e. The minimum absolute atomic E-state index is 0.0310. The van der Waals surface area contributed by atoms with Gasteiger partial charge in [0.1, 0.15) is 24.3 Å². The number of halogens is 9. The number of alkyl carbamates (subject to hydrolysis) is 1. The molecule has 50 heavy (non-hydrogen) atoms. The highest BCUT2D eigenvalue weighted by atomic mass is 35.5. The Morgan fingerprint density at radius 1 is 1.26 bits per heavy atom. The first-order chi connectivity index (χ1) is 23.7. The molecule has 4 N–H and O–H groups in total. The van der Waals surface area contributed by atoms with Gasteiger partial charge in [-0.05, 0) is 49.4 Å². The lowest BCUT2D eigenvalue weighted by atomic mass is 10.0. The number of aliphatic imine (C=N–C) groups is 2. The van der Waals surface area contributed by atoms with Gasteiger partial charge in [-0.15, -0.1) is 0 Å². The number of alkyl halides is 6. The first-order valence-electron chi connectivity index (χ1n) is 14.1. The lowest BCUT2D eigenvalue weighted by Crippen LogP contribution is -2.49. The van der Waals surface area contributed by atoms with E-state index in [1.807, 2.05) is 5.43 Å². The van der Waals surface area contributed by atoms with Crippen LogP contribution in [0.3, 0.4) is 0 Å². The van der Waals surface area contributed by atoms with E-state index in [4.69, 9.17) is 22.1 Å². The van der Waals surface area contributed by atoms with Crippen LogP contribution in [-0.2, 0) is 9.53 Å². The molecule has 1 heterocycles. The Bertz CT molecular complexity index is 1730. The fourth-order valence-electron chi connectivity index (χ4n) is 4.82. The van der Waals surface area contributed by atoms with Crippen LogP contribution in [0, 0.1) is 5.82 Å². The molecule has 2 aromatic carbocycles. The number of nitrogens with two attached hydrogens (primary N) is 1. The molecule has 2 aliphatic rings. The molecule has 21 heteroatoms. The van der Waals surface area contributed by atoms with E-state index in [0.717, 1.165) is 35.2 Å². The quantitative estimate of drug-likeness (QED) is 0.0755. The van der Waals surface area contributed by atoms with Crippen molar-refractivity contribution >= 4 is 54.0 Å². The SMILES string of the molecule is C=N/C=N\N(c1cc(C(COC(=O)NC2(C(F)(F)F)CC2)N2C(=O)C(c3ccc(C(/C=C\F)=N/NCF)cc3F)N=C2N)ccc1Cl)C(F)F. The summed E-state index contributed by atoms with van der Waals surface area (Å²) in [4.78, 5) is 34.4. The number of amides is 2. The molecule has 12 nitrogen and oxygen atoms in total. The molecule has 0 bridgehead atoms. The van der Waals surface area contributed by atoms with E-state index in [1.165, 1.54) is 12.1 Å². The van der Waals surface area contributed by atoms with E-state index in [-0.39, 0.29) is 38.8 Å². The summed E-state index contributed by atoms with van der Waals surface area (Å²) in [6.07, 6.45) is -5.53. The highest BCUT2D eigenvalue weighted by Crippen LogP contribution is 2.49. The summed E-state index contributed by atoms with van der Waals surface area (Å²) in [6.45, 7) is -2.19. The van der Waals surface area contributed by atoms with Crippen molar-refractivity contribution in [3.8, 4) is 0 Å². The Balaban J connectivity index is 1.71. The number of benzene rings is 2. The van der Waals surface area contributed by atoms with Crippen LogP contribution in [0.25, 0.3) is 0 Å². The van der Waals surface area contributed by atoms with Gasteiger partial charge in [0, 0.05) is 11.1 Å². The zero-order valence-electron chi connectivity index (χ0n) is 25.4. The van der Waals surface area contributed by atoms with Crippen LogP contribution in [0.5, 0.6) is 0 Å². The van der Waals surface area contributed by atoms with Crippen molar-refractivity contribution in [2.45, 2.75) is 43.2 Å². The monoisotopic (exact) mass is 735 g/mol. The Morgan fingerprint density at radius 3 is 2.56 bits per heavy atom. The van der Waals surface area contributed by atoms with Gasteiger partial charge in [0.05, 0.1) is 28.8 Å². The second kappa shape index (κ2) is 15.5. The lowest BCUT2D eigenvalue weighted by Gasteiger charge is -2.29. The molecule has 0 radical (unpaired) electrons. The number of nitrogens with zero attached hydrogens (tertiary/aromatic N) is 6. The van der Waals surface area contributed by atoms with Crippen molar-refractivity contribution in [3.05, 3.63) is 76.3 Å². The highest BCUT2D eigenvalue weighted by molar-refractivity contribution is 6.33. The molecule has 1 aliphatic carbocycles. The number of nitrogens with one attached hydrogen (secondary N) is 2. The van der Waals surface area contributed by atoms with Gasteiger partial charge < -0.3 is 15.8 Å². The van der Waals surface area contributed by atoms with Crippen molar-refractivity contribution in [2.24, 2.45) is 25.9 Å². The summed E-state index contributed by atoms with van der Waals surface area (Å²) in [5, 5.41) is 8.69. The summed E-state index contributed by atoms with van der Waals surface area (Å²) < 4.78 is 114. The molecule has 2 atom stereocenters. The molecule has 1 fully saturated rings. The fraction of sp³-hybridized carbons (Fsp3) is 0.310. The number of carbonyl (C=O) groups is 2. The van der Waals surface area contributed by atoms with Gasteiger partial charge in [-0.25, -0.2) is 28.0 Å². The number of ether oxygens (including phenoxy) is 1. The Kier molecular flexibility index (Phi) is 11.7. The van der Waals surface area contributed by atoms with Crippen LogP contribution in [0.4, 0.5) is 45.6 Å². The van der Waals surface area contributed by atoms with Gasteiger partial charge in [0.2, 0.25) is 0 Å². The maximum atomic E-state index is 15.4. The molecule has 0 aromatic heterocycles. The number of anilines is 1. The number of hydrogen-bond acceptors (Lipinski definition) is 9. The van der Waals surface area contributed by atoms with Gasteiger partial charge in [-0.3, -0.25) is 20.1 Å². The van der Waals surface area contributed by atoms with Gasteiger partial charge in [-0.1, -0.05) is 29.8 Å². The average Bonchev–Trinajstić information content (AvgIpc) is 3.79. The highest BCUT2D eigenvalue weighted by Gasteiger charge is 2.64. The van der Waals surface area contributed by atoms with E-state index in [1.54, 1.807) is 5.32 Å². The summed E-state index contributed by atoms with van der Waals surface area (Å²) >= 11 is 6.17. The van der Waals surface area contributed by atoms with E-state index in [9.17, 15) is 40.3 Å². The first kappa shape index (κ1) is 37.5. The second-order valence-corrected chi connectivity index (χ2v) is 10.9. The maximum absolute atomic E-state index is 15.4. The lowest BCUT2D eigenvalue weighted by molar-refractivity contribution is -0.164. The van der Waals surface area contributed by atoms with Crippen LogP contribution >= 0.6 is 11.6 Å². The van der Waals surface area contributed by atoms with Crippen molar-refractivity contribution in [1.29, 1.82) is 0 Å². The number of carbonyl (C=O) groups excluding carboxylic acids is 2. The van der Waals surface area contributed by atoms with Gasteiger partial charge in [0.25, 0.3) is 5.91 Å². The molecule has 2 unspecified atom stereocenters. The average molecular weight is 736 g/mol. The molecule has 4 rings (SSSR count). The molecule has 2 aromatic rings. The number of guanidine groups is 1. The Morgan fingerprint density at radius 2 is 1.98 bits per heavy atom. The van der Waals surface area contributed by atoms with Crippen LogP contribution in [0.15, 0.2) is 69.0 Å². The molecular weight excluding hydrogens is 710 g/mol. The standard InChI is InChI=1S/C29H26ClF8N9O3/c1-40-14-42-47(25(34)35)21-11-16(3-5-18(21)30)22(12-50-27(49)44-28(7-8-28)29(36,37)38)46-24(48)23(43-26(46)39)17-4-2-15(10-19(17)33)20(6-9-31)45-41-13-32/h2-6,9-11,14,22-23,25,41H,1,7-8,12-13H2,(H2,39,43)(H,44,49)/b9-6-,42-14-,45-20+. The number of hydrogen-bond donors (Lipinski definition) is 3. The van der Waals surface area contributed by atoms with Crippen molar-refractivity contribution in [2.75, 3.05) is 18.4 Å². The predicted octanol–water partition coefficient (Wildman–Crippen LogP) is 5.62. The molecule has 0 saturated heterocycles. The maximum Gasteiger partial charge on any atom is 0.411 e. The third-order valence-corrected chi connectivity index (χ3v) is 7.73. The Labute approximate surface area is 283 Å². The zero-order chi connectivity index (χ0) is 36.8. The zero-order valence-corrected chi connectivity index (χ0v) is 26.1. The van der Waals surface area contributed by atoms with Crippen LogP contribution in [-0.4, -0.2) is 73.3 Å². The third-order valence-electron chi connectivity index (χ3n) is 7.41. The first-order valence-corrected chi connectivity index (χ1v) is 14.5. The van der Waals surface area contributed by atoms with Crippen molar-refractivity contribution in [3.63, 3.8) is 0 Å². The molecule has 0 spiro atoms. The molecule has 2 amide bonds. The predicted molar refractivity (Wildman–Crippen MR) is 167 cm³/mol. The summed E-state index contributed by atoms with van der Waals surface area (Å²) in [5.41, 5.74) is 4.42. The number of allylic oxidation sites excluding steroid dienone is 1. The molecular formula is C29H26ClF8N9O3. The van der Waals surface area contributed by atoms with Gasteiger partial charge in [-0.2, -0.15) is 32.2 Å². The van der Waals surface area contributed by atoms with Crippen LogP contribution < -0.4 is 21.5 Å². The molecule has 268 valence electrons. The topological polar surface area (TPSA) is 149 Å². The van der Waals surface area contributed by atoms with E-state index >= 15 is 4.39 Å². The Hall–Kier alpha value is -5.27. The molecule has 1 aliphatic heterocycles. The van der Waals surface area contributed by atoms with Crippen molar-refractivity contribution < 1.29 is 49.4 Å². The number of rotatable bonds is 14. The minimum atomic E-state index is -4.79. The van der Waals surface area contributed by atoms with Gasteiger partial charge >= 0.3 is 18.8 Å². The largest absolute Gasteiger partial charge is 0.447 e. The van der Waals surface area contributed by atoms with E-state index in [2.05, 4.69) is 26.9 Å².